The molecule has 1 aromatic carbocycles. The molecule has 1 aromatic rings. The molecular weight excluding hydrogens is 420 g/mol. The standard InChI is InChI=1S/C25H42N4O4/c1-6-32-21-10-9-20(17-22(21)33-7-2)11-12-26-23(30)18-28-13-8-14-29(16-15-28)19-24(31)27-25(3,4)5/h9-10,17H,6-8,11-16,18-19H2,1-5H3,(H,26,30)(H,27,31). The number of amides is 2. The van der Waals surface area contributed by atoms with Crippen LogP contribution in [0.25, 0.3) is 0 Å². The Morgan fingerprint density at radius 1 is 0.909 bits per heavy atom. The smallest absolute Gasteiger partial charge is 0.234 e. The van der Waals surface area contributed by atoms with Crippen LogP contribution in [-0.2, 0) is 16.0 Å². The lowest BCUT2D eigenvalue weighted by molar-refractivity contribution is -0.124. The van der Waals surface area contributed by atoms with E-state index in [1.807, 2.05) is 52.8 Å². The first kappa shape index (κ1) is 26.9. The maximum atomic E-state index is 12.5. The van der Waals surface area contributed by atoms with Gasteiger partial charge >= 0.3 is 0 Å². The number of carbonyl (C=O) groups excluding carboxylic acids is 2. The number of hydrogen-bond acceptors (Lipinski definition) is 6. The molecule has 8 heteroatoms. The average molecular weight is 463 g/mol. The van der Waals surface area contributed by atoms with Crippen molar-refractivity contribution >= 4 is 11.8 Å². The Bertz CT molecular complexity index is 763. The molecule has 0 atom stereocenters. The third kappa shape index (κ3) is 10.4. The number of nitrogens with zero attached hydrogens (tertiary/aromatic N) is 2. The predicted octanol–water partition coefficient (Wildman–Crippen LogP) is 2.07. The van der Waals surface area contributed by atoms with E-state index in [0.717, 1.165) is 56.1 Å². The fourth-order valence-corrected chi connectivity index (χ4v) is 3.86. The molecule has 0 aromatic heterocycles. The molecule has 1 aliphatic heterocycles. The molecule has 0 spiro atoms. The molecule has 1 aliphatic rings. The summed E-state index contributed by atoms with van der Waals surface area (Å²) in [6, 6.07) is 5.93. The van der Waals surface area contributed by atoms with Gasteiger partial charge in [-0.1, -0.05) is 6.07 Å². The molecule has 0 bridgehead atoms. The van der Waals surface area contributed by atoms with E-state index >= 15 is 0 Å². The molecule has 0 aliphatic carbocycles. The molecule has 0 unspecified atom stereocenters. The van der Waals surface area contributed by atoms with Crippen molar-refractivity contribution in [2.45, 2.75) is 53.0 Å². The highest BCUT2D eigenvalue weighted by atomic mass is 16.5. The van der Waals surface area contributed by atoms with Crippen molar-refractivity contribution in [3.8, 4) is 11.5 Å². The lowest BCUT2D eigenvalue weighted by Crippen LogP contribution is -2.46. The lowest BCUT2D eigenvalue weighted by Gasteiger charge is -2.25. The molecule has 2 amide bonds. The highest BCUT2D eigenvalue weighted by molar-refractivity contribution is 5.79. The highest BCUT2D eigenvalue weighted by Gasteiger charge is 2.20. The van der Waals surface area contributed by atoms with Gasteiger partial charge in [0.05, 0.1) is 26.3 Å². The minimum absolute atomic E-state index is 0.0323. The van der Waals surface area contributed by atoms with E-state index in [9.17, 15) is 9.59 Å². The van der Waals surface area contributed by atoms with Gasteiger partial charge in [0.15, 0.2) is 11.5 Å². The van der Waals surface area contributed by atoms with Crippen LogP contribution in [0.4, 0.5) is 0 Å². The third-order valence-electron chi connectivity index (χ3n) is 5.27. The van der Waals surface area contributed by atoms with Crippen molar-refractivity contribution in [3.63, 3.8) is 0 Å². The second-order valence-corrected chi connectivity index (χ2v) is 9.45. The van der Waals surface area contributed by atoms with Crippen LogP contribution in [0, 0.1) is 0 Å². The van der Waals surface area contributed by atoms with Gasteiger partial charge in [0.25, 0.3) is 0 Å². The van der Waals surface area contributed by atoms with Gasteiger partial charge in [-0.3, -0.25) is 19.4 Å². The molecule has 1 saturated heterocycles. The Labute approximate surface area is 199 Å². The summed E-state index contributed by atoms with van der Waals surface area (Å²) in [6.07, 6.45) is 1.68. The van der Waals surface area contributed by atoms with Crippen molar-refractivity contribution in [2.24, 2.45) is 0 Å². The Balaban J connectivity index is 1.73. The number of ether oxygens (including phenoxy) is 2. The van der Waals surface area contributed by atoms with Crippen LogP contribution >= 0.6 is 0 Å². The Morgan fingerprint density at radius 2 is 1.52 bits per heavy atom. The summed E-state index contributed by atoms with van der Waals surface area (Å²) < 4.78 is 11.3. The Kier molecular flexibility index (Phi) is 10.9. The molecular formula is C25H42N4O4. The Morgan fingerprint density at radius 3 is 2.12 bits per heavy atom. The van der Waals surface area contributed by atoms with E-state index < -0.39 is 0 Å². The van der Waals surface area contributed by atoms with Crippen LogP contribution in [0.15, 0.2) is 18.2 Å². The maximum absolute atomic E-state index is 12.5. The minimum atomic E-state index is -0.219. The zero-order valence-electron chi connectivity index (χ0n) is 21.0. The largest absolute Gasteiger partial charge is 0.490 e. The number of hydrogen-bond donors (Lipinski definition) is 2. The van der Waals surface area contributed by atoms with Gasteiger partial charge in [0.1, 0.15) is 0 Å². The first-order valence-electron chi connectivity index (χ1n) is 12.1. The third-order valence-corrected chi connectivity index (χ3v) is 5.27. The number of carbonyl (C=O) groups is 2. The maximum Gasteiger partial charge on any atom is 0.234 e. The normalized spacial score (nSPS) is 15.5. The number of rotatable bonds is 11. The van der Waals surface area contributed by atoms with Gasteiger partial charge in [-0.05, 0) is 78.2 Å². The molecule has 1 fully saturated rings. The van der Waals surface area contributed by atoms with E-state index in [-0.39, 0.29) is 17.4 Å². The summed E-state index contributed by atoms with van der Waals surface area (Å²) in [5.41, 5.74) is 0.879. The molecule has 33 heavy (non-hydrogen) atoms. The van der Waals surface area contributed by atoms with Crippen LogP contribution in [-0.4, -0.2) is 86.2 Å². The topological polar surface area (TPSA) is 83.1 Å². The Hall–Kier alpha value is -2.32. The molecule has 2 rings (SSSR count). The molecule has 8 nitrogen and oxygen atoms in total. The first-order chi connectivity index (χ1) is 15.7. The van der Waals surface area contributed by atoms with E-state index in [1.165, 1.54) is 0 Å². The van der Waals surface area contributed by atoms with E-state index in [1.54, 1.807) is 0 Å². The van der Waals surface area contributed by atoms with Gasteiger partial charge in [-0.25, -0.2) is 0 Å². The van der Waals surface area contributed by atoms with Gasteiger partial charge in [-0.15, -0.1) is 0 Å². The quantitative estimate of drug-likeness (QED) is 0.524. The SMILES string of the molecule is CCOc1ccc(CCNC(=O)CN2CCCN(CC(=O)NC(C)(C)C)CC2)cc1OCC. The van der Waals surface area contributed by atoms with Crippen molar-refractivity contribution in [3.05, 3.63) is 23.8 Å². The van der Waals surface area contributed by atoms with Crippen molar-refractivity contribution < 1.29 is 19.1 Å². The summed E-state index contributed by atoms with van der Waals surface area (Å²) in [6.45, 7) is 15.7. The van der Waals surface area contributed by atoms with E-state index in [2.05, 4.69) is 20.4 Å². The monoisotopic (exact) mass is 462 g/mol. The van der Waals surface area contributed by atoms with Gasteiger partial charge in [0.2, 0.25) is 11.8 Å². The van der Waals surface area contributed by atoms with Crippen molar-refractivity contribution in [1.82, 2.24) is 20.4 Å². The van der Waals surface area contributed by atoms with Crippen molar-refractivity contribution in [1.29, 1.82) is 0 Å². The van der Waals surface area contributed by atoms with Crippen LogP contribution in [0.5, 0.6) is 11.5 Å². The van der Waals surface area contributed by atoms with Crippen LogP contribution in [0.2, 0.25) is 0 Å². The highest BCUT2D eigenvalue weighted by Crippen LogP contribution is 2.28. The van der Waals surface area contributed by atoms with E-state index in [4.69, 9.17) is 9.47 Å². The van der Waals surface area contributed by atoms with E-state index in [0.29, 0.717) is 32.8 Å². The zero-order chi connectivity index (χ0) is 24.3. The van der Waals surface area contributed by atoms with Crippen LogP contribution < -0.4 is 20.1 Å². The second kappa shape index (κ2) is 13.4. The fraction of sp³-hybridized carbons (Fsp3) is 0.680. The molecule has 1 heterocycles. The van der Waals surface area contributed by atoms with Gasteiger partial charge < -0.3 is 20.1 Å². The van der Waals surface area contributed by atoms with Crippen LogP contribution in [0.3, 0.4) is 0 Å². The number of benzene rings is 1. The average Bonchev–Trinajstić information content (AvgIpc) is 2.93. The summed E-state index contributed by atoms with van der Waals surface area (Å²) in [4.78, 5) is 29.0. The molecule has 186 valence electrons. The van der Waals surface area contributed by atoms with Gasteiger partial charge in [-0.2, -0.15) is 0 Å². The minimum Gasteiger partial charge on any atom is -0.490 e. The van der Waals surface area contributed by atoms with Gasteiger partial charge in [0, 0.05) is 25.2 Å². The number of nitrogens with one attached hydrogen (secondary N) is 2. The lowest BCUT2D eigenvalue weighted by atomic mass is 10.1. The summed E-state index contributed by atoms with van der Waals surface area (Å²) >= 11 is 0. The van der Waals surface area contributed by atoms with Crippen molar-refractivity contribution in [2.75, 3.05) is 59.0 Å². The zero-order valence-corrected chi connectivity index (χ0v) is 21.0. The van der Waals surface area contributed by atoms with Crippen LogP contribution in [0.1, 0.15) is 46.6 Å². The second-order valence-electron chi connectivity index (χ2n) is 9.45. The fourth-order valence-electron chi connectivity index (χ4n) is 3.86. The summed E-state index contributed by atoms with van der Waals surface area (Å²) in [7, 11) is 0. The summed E-state index contributed by atoms with van der Waals surface area (Å²) in [5.74, 6) is 1.58. The first-order valence-corrected chi connectivity index (χ1v) is 12.1. The molecule has 2 N–H and O–H groups in total. The molecule has 0 radical (unpaired) electrons. The summed E-state index contributed by atoms with van der Waals surface area (Å²) in [5, 5.41) is 6.04. The predicted molar refractivity (Wildman–Crippen MR) is 131 cm³/mol. The molecule has 0 saturated carbocycles.